The predicted octanol–water partition coefficient (Wildman–Crippen LogP) is 3.49. The van der Waals surface area contributed by atoms with Gasteiger partial charge in [0.1, 0.15) is 5.65 Å². The molecule has 19 heavy (non-hydrogen) atoms. The smallest absolute Gasteiger partial charge is 0.137 e. The van der Waals surface area contributed by atoms with Crippen molar-refractivity contribution in [1.29, 1.82) is 0 Å². The molecule has 3 rings (SSSR count). The van der Waals surface area contributed by atoms with E-state index in [0.717, 1.165) is 18.2 Å². The van der Waals surface area contributed by atoms with Crippen molar-refractivity contribution in [1.82, 2.24) is 14.7 Å². The molecule has 1 saturated carbocycles. The van der Waals surface area contributed by atoms with Gasteiger partial charge < -0.3 is 9.72 Å². The molecule has 1 N–H and O–H groups in total. The maximum Gasteiger partial charge on any atom is 0.137 e. The molecule has 3 nitrogen and oxygen atoms in total. The van der Waals surface area contributed by atoms with Crippen molar-refractivity contribution in [3.63, 3.8) is 0 Å². The first-order valence-corrected chi connectivity index (χ1v) is 7.43. The molecule has 1 aliphatic carbocycles. The van der Waals surface area contributed by atoms with Crippen LogP contribution in [0.5, 0.6) is 0 Å². The molecule has 2 aromatic rings. The van der Waals surface area contributed by atoms with Crippen LogP contribution in [0.3, 0.4) is 0 Å². The van der Waals surface area contributed by atoms with Gasteiger partial charge in [-0.25, -0.2) is 4.98 Å². The van der Waals surface area contributed by atoms with Gasteiger partial charge in [0.15, 0.2) is 0 Å². The van der Waals surface area contributed by atoms with E-state index in [9.17, 15) is 0 Å². The van der Waals surface area contributed by atoms with Crippen LogP contribution in [0, 0.1) is 0 Å². The van der Waals surface area contributed by atoms with E-state index in [1.54, 1.807) is 0 Å². The summed E-state index contributed by atoms with van der Waals surface area (Å²) in [6.45, 7) is 5.33. The minimum Gasteiger partial charge on any atom is -0.310 e. The van der Waals surface area contributed by atoms with Crippen LogP contribution in [-0.2, 0) is 6.54 Å². The van der Waals surface area contributed by atoms with Crippen molar-refractivity contribution in [2.45, 2.75) is 58.0 Å². The summed E-state index contributed by atoms with van der Waals surface area (Å²) in [7, 11) is 0. The van der Waals surface area contributed by atoms with Crippen LogP contribution < -0.4 is 5.32 Å². The molecule has 0 saturated heterocycles. The first kappa shape index (κ1) is 12.7. The number of fused-ring (bicyclic) bond motifs is 1. The molecule has 0 bridgehead atoms. The second-order valence-electron chi connectivity index (χ2n) is 5.98. The van der Waals surface area contributed by atoms with Gasteiger partial charge in [-0.2, -0.15) is 0 Å². The van der Waals surface area contributed by atoms with Crippen molar-refractivity contribution in [2.75, 3.05) is 0 Å². The topological polar surface area (TPSA) is 29.3 Å². The van der Waals surface area contributed by atoms with Crippen LogP contribution in [0.4, 0.5) is 0 Å². The molecule has 0 radical (unpaired) electrons. The molecule has 3 heteroatoms. The van der Waals surface area contributed by atoms with Crippen molar-refractivity contribution >= 4 is 5.65 Å². The molecule has 0 amide bonds. The van der Waals surface area contributed by atoms with E-state index < -0.39 is 0 Å². The molecule has 0 unspecified atom stereocenters. The molecule has 0 aromatic carbocycles. The maximum atomic E-state index is 4.69. The average molecular weight is 257 g/mol. The highest BCUT2D eigenvalue weighted by atomic mass is 15.0. The Morgan fingerprint density at radius 3 is 2.89 bits per heavy atom. The van der Waals surface area contributed by atoms with E-state index in [0.29, 0.717) is 5.92 Å². The molecule has 2 aromatic heterocycles. The van der Waals surface area contributed by atoms with E-state index >= 15 is 0 Å². The Morgan fingerprint density at radius 2 is 2.16 bits per heavy atom. The van der Waals surface area contributed by atoms with E-state index in [1.165, 1.54) is 36.9 Å². The Balaban J connectivity index is 1.73. The van der Waals surface area contributed by atoms with Gasteiger partial charge in [0.2, 0.25) is 0 Å². The van der Waals surface area contributed by atoms with Crippen LogP contribution in [0.25, 0.3) is 5.65 Å². The van der Waals surface area contributed by atoms with Crippen LogP contribution in [0.2, 0.25) is 0 Å². The largest absolute Gasteiger partial charge is 0.310 e. The summed E-state index contributed by atoms with van der Waals surface area (Å²) in [6.07, 6.45) is 9.70. The lowest BCUT2D eigenvalue weighted by atomic mass is 10.2. The van der Waals surface area contributed by atoms with Crippen LogP contribution >= 0.6 is 0 Å². The van der Waals surface area contributed by atoms with Gasteiger partial charge >= 0.3 is 0 Å². The molecular weight excluding hydrogens is 234 g/mol. The highest BCUT2D eigenvalue weighted by Crippen LogP contribution is 2.19. The first-order chi connectivity index (χ1) is 9.22. The highest BCUT2D eigenvalue weighted by molar-refractivity contribution is 5.43. The van der Waals surface area contributed by atoms with Crippen molar-refractivity contribution in [2.24, 2.45) is 0 Å². The Hall–Kier alpha value is -1.35. The summed E-state index contributed by atoms with van der Waals surface area (Å²) >= 11 is 0. The van der Waals surface area contributed by atoms with Gasteiger partial charge in [-0.3, -0.25) is 0 Å². The lowest BCUT2D eigenvalue weighted by molar-refractivity contribution is 0.524. The van der Waals surface area contributed by atoms with Crippen molar-refractivity contribution in [3.05, 3.63) is 35.8 Å². The van der Waals surface area contributed by atoms with Gasteiger partial charge in [0.05, 0.1) is 5.69 Å². The monoisotopic (exact) mass is 257 g/mol. The number of rotatable bonds is 4. The van der Waals surface area contributed by atoms with Gasteiger partial charge in [-0.15, -0.1) is 0 Å². The normalized spacial score (nSPS) is 16.8. The second kappa shape index (κ2) is 5.33. The number of hydrogen-bond acceptors (Lipinski definition) is 2. The fourth-order valence-electron chi connectivity index (χ4n) is 2.82. The van der Waals surface area contributed by atoms with Crippen LogP contribution in [-0.4, -0.2) is 15.4 Å². The molecule has 1 aliphatic rings. The summed E-state index contributed by atoms with van der Waals surface area (Å²) in [6, 6.07) is 5.12. The lowest BCUT2D eigenvalue weighted by Crippen LogP contribution is -2.25. The van der Waals surface area contributed by atoms with E-state index in [2.05, 4.69) is 53.1 Å². The van der Waals surface area contributed by atoms with Crippen LogP contribution in [0.15, 0.2) is 24.5 Å². The van der Waals surface area contributed by atoms with Gasteiger partial charge in [0.25, 0.3) is 0 Å². The molecule has 0 aliphatic heterocycles. The number of pyridine rings is 1. The summed E-state index contributed by atoms with van der Waals surface area (Å²) in [5.74, 6) is 0.486. The van der Waals surface area contributed by atoms with Crippen molar-refractivity contribution in [3.8, 4) is 0 Å². The quantitative estimate of drug-likeness (QED) is 0.908. The number of aromatic nitrogens is 2. The molecule has 102 valence electrons. The third-order valence-corrected chi connectivity index (χ3v) is 4.08. The number of nitrogens with zero attached hydrogens (tertiary/aromatic N) is 2. The first-order valence-electron chi connectivity index (χ1n) is 7.43. The molecule has 2 heterocycles. The summed E-state index contributed by atoms with van der Waals surface area (Å²) < 4.78 is 2.12. The van der Waals surface area contributed by atoms with Gasteiger partial charge in [-0.1, -0.05) is 26.7 Å². The van der Waals surface area contributed by atoms with Crippen LogP contribution in [0.1, 0.15) is 56.7 Å². The Bertz CT molecular complexity index is 550. The van der Waals surface area contributed by atoms with Gasteiger partial charge in [0, 0.05) is 25.0 Å². The zero-order valence-corrected chi connectivity index (χ0v) is 11.9. The van der Waals surface area contributed by atoms with E-state index in [4.69, 9.17) is 0 Å². The average Bonchev–Trinajstić information content (AvgIpc) is 3.04. The summed E-state index contributed by atoms with van der Waals surface area (Å²) in [5.41, 5.74) is 3.57. The number of nitrogens with one attached hydrogen (secondary N) is 1. The lowest BCUT2D eigenvalue weighted by Gasteiger charge is -2.11. The zero-order valence-electron chi connectivity index (χ0n) is 11.9. The third kappa shape index (κ3) is 2.81. The summed E-state index contributed by atoms with van der Waals surface area (Å²) in [5, 5.41) is 3.66. The Morgan fingerprint density at radius 1 is 1.37 bits per heavy atom. The third-order valence-electron chi connectivity index (χ3n) is 4.08. The maximum absolute atomic E-state index is 4.69. The fourth-order valence-corrected chi connectivity index (χ4v) is 2.82. The van der Waals surface area contributed by atoms with Crippen molar-refractivity contribution < 1.29 is 0 Å². The zero-order chi connectivity index (χ0) is 13.2. The minimum atomic E-state index is 0.486. The van der Waals surface area contributed by atoms with E-state index in [-0.39, 0.29) is 0 Å². The highest BCUT2D eigenvalue weighted by Gasteiger charge is 2.14. The standard InChI is InChI=1S/C16H23N3/c1-12(2)15-11-19-8-7-13(9-16(19)18-15)10-17-14-5-3-4-6-14/h7-9,11-12,14,17H,3-6,10H2,1-2H3. The second-order valence-corrected chi connectivity index (χ2v) is 5.98. The van der Waals surface area contributed by atoms with E-state index in [1.807, 2.05) is 0 Å². The fraction of sp³-hybridized carbons (Fsp3) is 0.562. The number of hydrogen-bond donors (Lipinski definition) is 1. The predicted molar refractivity (Wildman–Crippen MR) is 78.4 cm³/mol. The Kier molecular flexibility index (Phi) is 3.56. The summed E-state index contributed by atoms with van der Waals surface area (Å²) in [4.78, 5) is 4.69. The molecule has 0 spiro atoms. The Labute approximate surface area is 115 Å². The SMILES string of the molecule is CC(C)c1cn2ccc(CNC3CCCC3)cc2n1. The molecule has 1 fully saturated rings. The minimum absolute atomic E-state index is 0.486. The molecule has 0 atom stereocenters. The van der Waals surface area contributed by atoms with Gasteiger partial charge in [-0.05, 0) is 36.5 Å². The number of imidazole rings is 1. The molecular formula is C16H23N3.